The molecule has 0 unspecified atom stereocenters. The molecule has 8 heteroatoms. The fourth-order valence-electron chi connectivity index (χ4n) is 3.83. The van der Waals surface area contributed by atoms with E-state index in [2.05, 4.69) is 20.6 Å². The molecule has 2 aromatic carbocycles. The van der Waals surface area contributed by atoms with Crippen molar-refractivity contribution in [2.45, 2.75) is 17.9 Å². The lowest BCUT2D eigenvalue weighted by atomic mass is 9.99. The van der Waals surface area contributed by atoms with E-state index in [9.17, 15) is 13.6 Å². The summed E-state index contributed by atoms with van der Waals surface area (Å²) in [6.07, 6.45) is 2.35. The van der Waals surface area contributed by atoms with E-state index in [0.717, 1.165) is 46.3 Å². The second kappa shape index (κ2) is 9.25. The van der Waals surface area contributed by atoms with E-state index in [-0.39, 0.29) is 11.4 Å². The number of aromatic nitrogens is 2. The van der Waals surface area contributed by atoms with E-state index in [4.69, 9.17) is 0 Å². The summed E-state index contributed by atoms with van der Waals surface area (Å²) < 4.78 is 27.8. The highest BCUT2D eigenvalue weighted by Gasteiger charge is 2.16. The molecule has 3 heterocycles. The number of hydrogen-bond acceptors (Lipinski definition) is 5. The molecular weight excluding hydrogens is 442 g/mol. The second-order valence-corrected chi connectivity index (χ2v) is 8.77. The Kier molecular flexibility index (Phi) is 6.02. The number of pyridine rings is 2. The molecule has 5 rings (SSSR count). The Morgan fingerprint density at radius 2 is 1.91 bits per heavy atom. The minimum absolute atomic E-state index is 0.0245. The molecule has 0 aliphatic carbocycles. The molecule has 0 spiro atoms. The van der Waals surface area contributed by atoms with Gasteiger partial charge in [0.25, 0.3) is 0 Å². The molecule has 0 atom stereocenters. The molecule has 166 valence electrons. The van der Waals surface area contributed by atoms with Crippen LogP contribution in [-0.2, 0) is 17.8 Å². The number of thioether (sulfide) groups is 1. The zero-order chi connectivity index (χ0) is 22.8. The fraction of sp³-hybridized carbons (Fsp3) is 0.160. The van der Waals surface area contributed by atoms with Crippen molar-refractivity contribution >= 4 is 34.4 Å². The van der Waals surface area contributed by atoms with Gasteiger partial charge >= 0.3 is 0 Å². The van der Waals surface area contributed by atoms with Gasteiger partial charge in [-0.2, -0.15) is 0 Å². The Bertz CT molecular complexity index is 1340. The lowest BCUT2D eigenvalue weighted by Gasteiger charge is -2.16. The van der Waals surface area contributed by atoms with Gasteiger partial charge in [0.15, 0.2) is 5.82 Å². The summed E-state index contributed by atoms with van der Waals surface area (Å²) in [5, 5.41) is 6.64. The van der Waals surface area contributed by atoms with Gasteiger partial charge in [-0.15, -0.1) is 11.8 Å². The van der Waals surface area contributed by atoms with Crippen LogP contribution in [0.3, 0.4) is 0 Å². The van der Waals surface area contributed by atoms with E-state index in [1.165, 1.54) is 24.0 Å². The fourth-order valence-corrected chi connectivity index (χ4v) is 4.59. The highest BCUT2D eigenvalue weighted by molar-refractivity contribution is 8.00. The van der Waals surface area contributed by atoms with Crippen LogP contribution in [0.1, 0.15) is 11.3 Å². The highest BCUT2D eigenvalue weighted by Crippen LogP contribution is 2.30. The summed E-state index contributed by atoms with van der Waals surface area (Å²) in [4.78, 5) is 21.1. The maximum atomic E-state index is 14.1. The largest absolute Gasteiger partial charge is 0.311 e. The van der Waals surface area contributed by atoms with Crippen molar-refractivity contribution in [1.29, 1.82) is 0 Å². The van der Waals surface area contributed by atoms with Crippen LogP contribution in [0.4, 0.5) is 14.6 Å². The second-order valence-electron chi connectivity index (χ2n) is 7.75. The highest BCUT2D eigenvalue weighted by atomic mass is 32.2. The van der Waals surface area contributed by atoms with Crippen molar-refractivity contribution in [2.75, 3.05) is 17.6 Å². The quantitative estimate of drug-likeness (QED) is 0.397. The van der Waals surface area contributed by atoms with Crippen LogP contribution in [0.2, 0.25) is 0 Å². The predicted octanol–water partition coefficient (Wildman–Crippen LogP) is 4.95. The minimum atomic E-state index is -0.663. The number of amides is 1. The monoisotopic (exact) mass is 462 g/mol. The van der Waals surface area contributed by atoms with Gasteiger partial charge in [-0.25, -0.2) is 13.8 Å². The third kappa shape index (κ3) is 4.72. The lowest BCUT2D eigenvalue weighted by Crippen LogP contribution is -2.22. The number of nitrogens with one attached hydrogen (secondary N) is 2. The van der Waals surface area contributed by atoms with E-state index < -0.39 is 11.6 Å². The standard InChI is InChI=1S/C25H20F2N4OS/c26-17-11-20-19(8-10-29-24(20)21(27)12-17)16-3-1-15(2-4-16)7-9-28-13-18-5-6-22-25(30-18)31-23(32)14-33-22/h1-6,8,10-12,28H,7,9,13-14H2,(H,30,31,32). The van der Waals surface area contributed by atoms with Crippen LogP contribution < -0.4 is 10.6 Å². The first-order valence-electron chi connectivity index (χ1n) is 10.5. The lowest BCUT2D eigenvalue weighted by molar-refractivity contribution is -0.113. The average Bonchev–Trinajstić information content (AvgIpc) is 2.81. The molecular formula is C25H20F2N4OS. The van der Waals surface area contributed by atoms with Crippen LogP contribution in [0, 0.1) is 11.6 Å². The number of anilines is 1. The third-order valence-electron chi connectivity index (χ3n) is 5.46. The molecule has 0 bridgehead atoms. The number of rotatable bonds is 6. The number of nitrogens with zero attached hydrogens (tertiary/aromatic N) is 2. The summed E-state index contributed by atoms with van der Waals surface area (Å²) in [7, 11) is 0. The number of halogens is 2. The third-order valence-corrected chi connectivity index (χ3v) is 6.50. The summed E-state index contributed by atoms with van der Waals surface area (Å²) >= 11 is 1.50. The van der Waals surface area contributed by atoms with Crippen molar-refractivity contribution in [3.05, 3.63) is 83.7 Å². The van der Waals surface area contributed by atoms with Gasteiger partial charge in [-0.1, -0.05) is 24.3 Å². The molecule has 0 saturated carbocycles. The molecule has 0 radical (unpaired) electrons. The molecule has 2 aromatic heterocycles. The van der Waals surface area contributed by atoms with Gasteiger partial charge in [0.2, 0.25) is 5.91 Å². The van der Waals surface area contributed by atoms with E-state index >= 15 is 0 Å². The Morgan fingerprint density at radius 1 is 1.06 bits per heavy atom. The van der Waals surface area contributed by atoms with E-state index in [1.54, 1.807) is 6.07 Å². The van der Waals surface area contributed by atoms with Crippen molar-refractivity contribution in [3.63, 3.8) is 0 Å². The molecule has 1 amide bonds. The summed E-state index contributed by atoms with van der Waals surface area (Å²) in [5.41, 5.74) is 3.80. The topological polar surface area (TPSA) is 66.9 Å². The Labute approximate surface area is 193 Å². The average molecular weight is 463 g/mol. The minimum Gasteiger partial charge on any atom is -0.311 e. The van der Waals surface area contributed by atoms with Gasteiger partial charge < -0.3 is 10.6 Å². The molecule has 0 saturated heterocycles. The normalized spacial score (nSPS) is 13.1. The summed E-state index contributed by atoms with van der Waals surface area (Å²) in [6.45, 7) is 1.36. The predicted molar refractivity (Wildman–Crippen MR) is 126 cm³/mol. The number of carbonyl (C=O) groups excluding carboxylic acids is 1. The molecule has 33 heavy (non-hydrogen) atoms. The number of fused-ring (bicyclic) bond motifs is 2. The first-order valence-corrected chi connectivity index (χ1v) is 11.5. The Hall–Kier alpha value is -3.36. The smallest absolute Gasteiger partial charge is 0.235 e. The van der Waals surface area contributed by atoms with Crippen LogP contribution in [0.5, 0.6) is 0 Å². The number of carbonyl (C=O) groups is 1. The maximum Gasteiger partial charge on any atom is 0.235 e. The molecule has 4 aromatic rings. The zero-order valence-corrected chi connectivity index (χ0v) is 18.4. The van der Waals surface area contributed by atoms with Crippen LogP contribution >= 0.6 is 11.8 Å². The first kappa shape index (κ1) is 21.5. The first-order chi connectivity index (χ1) is 16.1. The molecule has 0 fully saturated rings. The van der Waals surface area contributed by atoms with Crippen molar-refractivity contribution in [3.8, 4) is 11.1 Å². The number of hydrogen-bond donors (Lipinski definition) is 2. The SMILES string of the molecule is O=C1CSc2ccc(CNCCc3ccc(-c4ccnc5c(F)cc(F)cc45)cc3)nc2N1. The van der Waals surface area contributed by atoms with Crippen molar-refractivity contribution in [2.24, 2.45) is 0 Å². The maximum absolute atomic E-state index is 14.1. The van der Waals surface area contributed by atoms with Gasteiger partial charge in [0, 0.05) is 24.2 Å². The van der Waals surface area contributed by atoms with Gasteiger partial charge in [-0.3, -0.25) is 9.78 Å². The van der Waals surface area contributed by atoms with Crippen molar-refractivity contribution < 1.29 is 13.6 Å². The molecule has 2 N–H and O–H groups in total. The summed E-state index contributed by atoms with van der Waals surface area (Å²) in [6, 6.07) is 15.8. The Balaban J connectivity index is 1.21. The van der Waals surface area contributed by atoms with Crippen LogP contribution in [0.15, 0.2) is 65.7 Å². The molecule has 1 aliphatic heterocycles. The van der Waals surface area contributed by atoms with Gasteiger partial charge in [0.05, 0.1) is 16.3 Å². The van der Waals surface area contributed by atoms with E-state index in [1.807, 2.05) is 36.4 Å². The van der Waals surface area contributed by atoms with Gasteiger partial charge in [0.1, 0.15) is 17.2 Å². The summed E-state index contributed by atoms with van der Waals surface area (Å²) in [5.74, 6) is -0.246. The molecule has 1 aliphatic rings. The number of benzene rings is 2. The van der Waals surface area contributed by atoms with Crippen LogP contribution in [-0.4, -0.2) is 28.2 Å². The molecule has 5 nitrogen and oxygen atoms in total. The zero-order valence-electron chi connectivity index (χ0n) is 17.6. The van der Waals surface area contributed by atoms with E-state index in [0.29, 0.717) is 23.5 Å². The van der Waals surface area contributed by atoms with Crippen LogP contribution in [0.25, 0.3) is 22.0 Å². The Morgan fingerprint density at radius 3 is 2.76 bits per heavy atom. The van der Waals surface area contributed by atoms with Crippen molar-refractivity contribution in [1.82, 2.24) is 15.3 Å². The van der Waals surface area contributed by atoms with Gasteiger partial charge in [-0.05, 0) is 53.9 Å².